The molecule has 3 aromatic rings. The molecule has 0 saturated carbocycles. The number of ether oxygens (including phenoxy) is 1. The number of benzene rings is 1. The number of fused-ring (bicyclic) bond motifs is 1. The molecule has 0 amide bonds. The number of anilines is 1. The molecule has 210 valence electrons. The average molecular weight is 533 g/mol. The predicted octanol–water partition coefficient (Wildman–Crippen LogP) is 6.19. The van der Waals surface area contributed by atoms with E-state index >= 15 is 0 Å². The molecule has 0 saturated heterocycles. The number of carboxylic acids is 1. The summed E-state index contributed by atoms with van der Waals surface area (Å²) >= 11 is 0. The highest BCUT2D eigenvalue weighted by atomic mass is 16.5. The summed E-state index contributed by atoms with van der Waals surface area (Å²) in [7, 11) is 1.87. The van der Waals surface area contributed by atoms with Gasteiger partial charge in [-0.2, -0.15) is 5.10 Å². The van der Waals surface area contributed by atoms with E-state index in [1.165, 1.54) is 16.7 Å². The van der Waals surface area contributed by atoms with Crippen LogP contribution in [0.15, 0.2) is 36.4 Å². The van der Waals surface area contributed by atoms with Crippen molar-refractivity contribution in [2.75, 3.05) is 18.5 Å². The topological polar surface area (TPSA) is 89.3 Å². The number of aromatic nitrogens is 3. The minimum Gasteiger partial charge on any atom is -0.481 e. The quantitative estimate of drug-likeness (QED) is 0.342. The summed E-state index contributed by atoms with van der Waals surface area (Å²) in [6.07, 6.45) is 3.49. The highest BCUT2D eigenvalue weighted by molar-refractivity contribution is 5.68. The van der Waals surface area contributed by atoms with Crippen LogP contribution >= 0.6 is 0 Å². The van der Waals surface area contributed by atoms with Gasteiger partial charge >= 0.3 is 5.97 Å². The van der Waals surface area contributed by atoms with Crippen molar-refractivity contribution >= 4 is 11.8 Å². The number of nitrogens with one attached hydrogen (secondary N) is 1. The van der Waals surface area contributed by atoms with E-state index in [-0.39, 0.29) is 23.2 Å². The van der Waals surface area contributed by atoms with Gasteiger partial charge in [0, 0.05) is 31.8 Å². The summed E-state index contributed by atoms with van der Waals surface area (Å²) in [4.78, 5) is 16.7. The van der Waals surface area contributed by atoms with Gasteiger partial charge in [0.15, 0.2) is 0 Å². The van der Waals surface area contributed by atoms with Crippen LogP contribution in [0, 0.1) is 0 Å². The van der Waals surface area contributed by atoms with Crippen LogP contribution in [0.25, 0.3) is 0 Å². The van der Waals surface area contributed by atoms with E-state index in [1.807, 2.05) is 13.1 Å². The lowest BCUT2D eigenvalue weighted by molar-refractivity contribution is -0.137. The Morgan fingerprint density at radius 2 is 1.74 bits per heavy atom. The molecule has 1 atom stereocenters. The van der Waals surface area contributed by atoms with Crippen LogP contribution < -0.4 is 10.1 Å². The second-order valence-corrected chi connectivity index (χ2v) is 12.9. The zero-order valence-corrected chi connectivity index (χ0v) is 24.6. The number of nitrogens with zero attached hydrogens (tertiary/aromatic N) is 3. The Labute approximate surface area is 233 Å². The standard InChI is InChI=1S/C32H44N4O3/c1-31(2,3)24-15-22(16-25(19-24)32(4,5)6)23(18-29(37)38)17-27-20-28(36(7)35-27)39-14-12-26-11-10-21-9-8-13-33-30(21)34-26/h10-11,15-16,19-20,23H,8-9,12-14,17-18H2,1-7H3,(H,33,34)(H,37,38). The number of aryl methyl sites for hydroxylation is 2. The Hall–Kier alpha value is -3.35. The first-order valence-electron chi connectivity index (χ1n) is 14.1. The summed E-state index contributed by atoms with van der Waals surface area (Å²) in [6.45, 7) is 14.6. The summed E-state index contributed by atoms with van der Waals surface area (Å²) in [6, 6.07) is 12.8. The van der Waals surface area contributed by atoms with Gasteiger partial charge in [0.1, 0.15) is 5.82 Å². The number of rotatable bonds is 9. The summed E-state index contributed by atoms with van der Waals surface area (Å²) in [5.74, 6) is 0.670. The van der Waals surface area contributed by atoms with Crippen molar-refractivity contribution in [1.29, 1.82) is 0 Å². The molecule has 2 N–H and O–H groups in total. The fourth-order valence-corrected chi connectivity index (χ4v) is 5.03. The largest absolute Gasteiger partial charge is 0.481 e. The van der Waals surface area contributed by atoms with Gasteiger partial charge in [-0.25, -0.2) is 9.67 Å². The highest BCUT2D eigenvalue weighted by Gasteiger charge is 2.25. The number of carbonyl (C=O) groups is 1. The third-order valence-electron chi connectivity index (χ3n) is 7.48. The van der Waals surface area contributed by atoms with E-state index in [9.17, 15) is 9.90 Å². The van der Waals surface area contributed by atoms with Crippen molar-refractivity contribution in [2.45, 2.75) is 90.4 Å². The lowest BCUT2D eigenvalue weighted by atomic mass is 9.77. The van der Waals surface area contributed by atoms with E-state index in [0.717, 1.165) is 42.2 Å². The van der Waals surface area contributed by atoms with Crippen LogP contribution in [0.1, 0.15) is 93.9 Å². The smallest absolute Gasteiger partial charge is 0.303 e. The summed E-state index contributed by atoms with van der Waals surface area (Å²) in [5, 5.41) is 17.8. The number of aliphatic carboxylic acids is 1. The van der Waals surface area contributed by atoms with Crippen molar-refractivity contribution in [1.82, 2.24) is 14.8 Å². The fraction of sp³-hybridized carbons (Fsp3) is 0.531. The lowest BCUT2D eigenvalue weighted by Gasteiger charge is -2.28. The molecule has 0 aliphatic carbocycles. The van der Waals surface area contributed by atoms with E-state index < -0.39 is 5.97 Å². The molecule has 1 unspecified atom stereocenters. The minimum absolute atomic E-state index is 0.0429. The molecule has 1 aliphatic rings. The first-order valence-corrected chi connectivity index (χ1v) is 14.1. The lowest BCUT2D eigenvalue weighted by Crippen LogP contribution is -2.19. The maximum Gasteiger partial charge on any atom is 0.303 e. The van der Waals surface area contributed by atoms with Crippen molar-refractivity contribution in [2.24, 2.45) is 7.05 Å². The van der Waals surface area contributed by atoms with Crippen LogP contribution in [-0.2, 0) is 41.9 Å². The van der Waals surface area contributed by atoms with E-state index in [1.54, 1.807) is 4.68 Å². The Bertz CT molecular complexity index is 1280. The molecule has 0 radical (unpaired) electrons. The van der Waals surface area contributed by atoms with Crippen molar-refractivity contribution in [3.05, 3.63) is 70.0 Å². The second kappa shape index (κ2) is 11.4. The molecule has 0 fully saturated rings. The molecule has 1 aliphatic heterocycles. The normalized spacial score (nSPS) is 14.4. The highest BCUT2D eigenvalue weighted by Crippen LogP contribution is 2.35. The predicted molar refractivity (Wildman–Crippen MR) is 156 cm³/mol. The van der Waals surface area contributed by atoms with Gasteiger partial charge in [-0.15, -0.1) is 0 Å². The summed E-state index contributed by atoms with van der Waals surface area (Å²) in [5.41, 5.74) is 6.51. The minimum atomic E-state index is -0.807. The maximum atomic E-state index is 11.9. The molecule has 1 aromatic carbocycles. The zero-order chi connectivity index (χ0) is 28.4. The molecule has 0 spiro atoms. The van der Waals surface area contributed by atoms with Gasteiger partial charge in [0.2, 0.25) is 5.88 Å². The van der Waals surface area contributed by atoms with Crippen LogP contribution in [0.4, 0.5) is 5.82 Å². The van der Waals surface area contributed by atoms with Crippen molar-refractivity contribution in [3.63, 3.8) is 0 Å². The maximum absolute atomic E-state index is 11.9. The van der Waals surface area contributed by atoms with Crippen LogP contribution in [0.5, 0.6) is 5.88 Å². The van der Waals surface area contributed by atoms with Gasteiger partial charge in [0.25, 0.3) is 0 Å². The van der Waals surface area contributed by atoms with Gasteiger partial charge < -0.3 is 15.2 Å². The SMILES string of the molecule is Cn1nc(CC(CC(=O)O)c2cc(C(C)(C)C)cc(C(C)(C)C)c2)cc1OCCc1ccc2c(n1)NCCC2. The molecule has 7 heteroatoms. The molecule has 7 nitrogen and oxygen atoms in total. The van der Waals surface area contributed by atoms with Gasteiger partial charge in [-0.1, -0.05) is 65.8 Å². The van der Waals surface area contributed by atoms with E-state index in [2.05, 4.69) is 82.3 Å². The van der Waals surface area contributed by atoms with Crippen LogP contribution in [0.3, 0.4) is 0 Å². The molecule has 3 heterocycles. The first kappa shape index (κ1) is 28.7. The molecule has 39 heavy (non-hydrogen) atoms. The third kappa shape index (κ3) is 7.40. The monoisotopic (exact) mass is 532 g/mol. The Morgan fingerprint density at radius 3 is 2.38 bits per heavy atom. The average Bonchev–Trinajstić information content (AvgIpc) is 3.20. The second-order valence-electron chi connectivity index (χ2n) is 12.9. The van der Waals surface area contributed by atoms with Crippen LogP contribution in [-0.4, -0.2) is 39.0 Å². The molecule has 2 aromatic heterocycles. The van der Waals surface area contributed by atoms with Gasteiger partial charge in [-0.05, 0) is 64.3 Å². The number of pyridine rings is 1. The number of hydrogen-bond acceptors (Lipinski definition) is 5. The van der Waals surface area contributed by atoms with Crippen LogP contribution in [0.2, 0.25) is 0 Å². The van der Waals surface area contributed by atoms with Crippen molar-refractivity contribution in [3.8, 4) is 5.88 Å². The molecular weight excluding hydrogens is 488 g/mol. The van der Waals surface area contributed by atoms with Gasteiger partial charge in [0.05, 0.1) is 18.7 Å². The Morgan fingerprint density at radius 1 is 1.05 bits per heavy atom. The van der Waals surface area contributed by atoms with Crippen molar-refractivity contribution < 1.29 is 14.6 Å². The molecular formula is C32H44N4O3. The zero-order valence-electron chi connectivity index (χ0n) is 24.6. The van der Waals surface area contributed by atoms with Gasteiger partial charge in [-0.3, -0.25) is 4.79 Å². The Balaban J connectivity index is 1.50. The molecule has 4 rings (SSSR count). The number of hydrogen-bond donors (Lipinski definition) is 2. The van der Waals surface area contributed by atoms with E-state index in [0.29, 0.717) is 25.3 Å². The third-order valence-corrected chi connectivity index (χ3v) is 7.48. The van der Waals surface area contributed by atoms with E-state index in [4.69, 9.17) is 9.72 Å². The molecule has 0 bridgehead atoms. The first-order chi connectivity index (χ1) is 18.3. The summed E-state index contributed by atoms with van der Waals surface area (Å²) < 4.78 is 7.82. The fourth-order valence-electron chi connectivity index (χ4n) is 5.03. The Kier molecular flexibility index (Phi) is 8.38. The number of carboxylic acid groups (broad SMARTS) is 1.